The molecule has 44 heavy (non-hydrogen) atoms. The lowest BCUT2D eigenvalue weighted by molar-refractivity contribution is -0.910. The molecule has 1 aliphatic carbocycles. The molecule has 2 aliphatic heterocycles. The highest BCUT2D eigenvalue weighted by atomic mass is 35.5. The summed E-state index contributed by atoms with van der Waals surface area (Å²) in [6, 6.07) is 13.3. The van der Waals surface area contributed by atoms with Gasteiger partial charge in [-0.05, 0) is 75.3 Å². The number of hydroxylamine groups is 3. The maximum atomic E-state index is 14.0. The zero-order chi connectivity index (χ0) is 31.5. The normalized spacial score (nSPS) is 21.2. The van der Waals surface area contributed by atoms with Crippen LogP contribution in [0.25, 0.3) is 0 Å². The number of carbonyl (C=O) groups is 3. The van der Waals surface area contributed by atoms with Crippen molar-refractivity contribution >= 4 is 29.5 Å². The molecule has 1 saturated carbocycles. The number of nitrogens with zero attached hydrogens (tertiary/aromatic N) is 3. The summed E-state index contributed by atoms with van der Waals surface area (Å²) in [6.07, 6.45) is 5.27. The van der Waals surface area contributed by atoms with Crippen LogP contribution < -0.4 is 5.32 Å². The quantitative estimate of drug-likeness (QED) is 0.351. The maximum Gasteiger partial charge on any atom is 0.411 e. The van der Waals surface area contributed by atoms with E-state index in [1.807, 2.05) is 36.4 Å². The van der Waals surface area contributed by atoms with Gasteiger partial charge in [0, 0.05) is 17.9 Å². The van der Waals surface area contributed by atoms with E-state index >= 15 is 0 Å². The van der Waals surface area contributed by atoms with Gasteiger partial charge >= 0.3 is 6.09 Å². The first kappa shape index (κ1) is 32.3. The van der Waals surface area contributed by atoms with Gasteiger partial charge in [-0.1, -0.05) is 54.4 Å². The molecule has 2 aromatic rings. The van der Waals surface area contributed by atoms with Gasteiger partial charge in [-0.2, -0.15) is 0 Å². The number of fused-ring (bicyclic) bond motifs is 1. The zero-order valence-electron chi connectivity index (χ0n) is 26.1. The molecule has 3 aliphatic rings. The van der Waals surface area contributed by atoms with E-state index < -0.39 is 29.7 Å². The first-order valence-electron chi connectivity index (χ1n) is 15.9. The number of quaternary nitrogens is 1. The van der Waals surface area contributed by atoms with Crippen molar-refractivity contribution in [1.82, 2.24) is 15.1 Å². The largest absolute Gasteiger partial charge is 0.632 e. The van der Waals surface area contributed by atoms with E-state index in [1.54, 1.807) is 37.8 Å². The summed E-state index contributed by atoms with van der Waals surface area (Å²) in [5.74, 6) is -0.630. The molecule has 5 rings (SSSR count). The smallest absolute Gasteiger partial charge is 0.411 e. The fourth-order valence-corrected chi connectivity index (χ4v) is 6.88. The van der Waals surface area contributed by atoms with E-state index in [0.717, 1.165) is 42.4 Å². The average molecular weight is 625 g/mol. The molecule has 9 nitrogen and oxygen atoms in total. The Morgan fingerprint density at radius 2 is 1.64 bits per heavy atom. The minimum Gasteiger partial charge on any atom is -0.632 e. The summed E-state index contributed by atoms with van der Waals surface area (Å²) in [6.45, 7) is 7.05. The molecule has 10 heteroatoms. The van der Waals surface area contributed by atoms with Crippen molar-refractivity contribution in [3.05, 3.63) is 75.5 Å². The topological polar surface area (TPSA) is 102 Å². The van der Waals surface area contributed by atoms with Crippen molar-refractivity contribution in [3.8, 4) is 0 Å². The van der Waals surface area contributed by atoms with Gasteiger partial charge in [0.05, 0.1) is 38.8 Å². The van der Waals surface area contributed by atoms with Crippen molar-refractivity contribution in [2.24, 2.45) is 0 Å². The highest BCUT2D eigenvalue weighted by Crippen LogP contribution is 2.30. The fourth-order valence-electron chi connectivity index (χ4n) is 6.75. The maximum absolute atomic E-state index is 14.0. The molecule has 0 spiro atoms. The van der Waals surface area contributed by atoms with Crippen LogP contribution in [0.5, 0.6) is 0 Å². The minimum atomic E-state index is -0.873. The van der Waals surface area contributed by atoms with Crippen LogP contribution in [-0.4, -0.2) is 82.3 Å². The molecule has 1 N–H and O–H groups in total. The highest BCUT2D eigenvalue weighted by Gasteiger charge is 2.40. The van der Waals surface area contributed by atoms with Gasteiger partial charge in [-0.3, -0.25) is 14.5 Å². The Hall–Kier alpha value is -3.14. The minimum absolute atomic E-state index is 0.110. The summed E-state index contributed by atoms with van der Waals surface area (Å²) in [7, 11) is 0. The standard InChI is InChI=1S/C34H45ClN4O5/c1-34(2,3)44-33(42)38-23-26-10-8-7-9-25(26)22-30(38)31(40)36-29(21-24-13-15-27(35)16-14-24)32(41)37-17-19-39(43,20-18-37)28-11-5-4-6-12-28/h7-10,13-16,28-30H,4-6,11-12,17-23H2,1-3H3,(H,36,40)/t29-,30-/m1/s1. The number of carbonyl (C=O) groups excluding carboxylic acids is 3. The van der Waals surface area contributed by atoms with Crippen LogP contribution in [0.1, 0.15) is 69.6 Å². The van der Waals surface area contributed by atoms with E-state index in [0.29, 0.717) is 37.6 Å². The number of amides is 3. The Balaban J connectivity index is 1.35. The molecule has 2 atom stereocenters. The SMILES string of the molecule is CC(C)(C)OC(=O)N1Cc2ccccc2C[C@@H]1C(=O)N[C@H](Cc1ccc(Cl)cc1)C(=O)N1CC[N+]([O-])(C2CCCCC2)CC1. The van der Waals surface area contributed by atoms with Gasteiger partial charge in [-0.25, -0.2) is 4.79 Å². The third-order valence-corrected chi connectivity index (χ3v) is 9.45. The van der Waals surface area contributed by atoms with Crippen molar-refractivity contribution < 1.29 is 23.8 Å². The molecular weight excluding hydrogens is 580 g/mol. The van der Waals surface area contributed by atoms with Crippen LogP contribution in [0.3, 0.4) is 0 Å². The van der Waals surface area contributed by atoms with Gasteiger partial charge < -0.3 is 24.8 Å². The predicted octanol–water partition coefficient (Wildman–Crippen LogP) is 5.22. The Morgan fingerprint density at radius 1 is 1.00 bits per heavy atom. The summed E-state index contributed by atoms with van der Waals surface area (Å²) in [5, 5.41) is 17.3. The van der Waals surface area contributed by atoms with Crippen LogP contribution in [0.4, 0.5) is 4.79 Å². The second kappa shape index (κ2) is 13.5. The molecule has 3 amide bonds. The lowest BCUT2D eigenvalue weighted by Crippen LogP contribution is -2.64. The second-order valence-electron chi connectivity index (χ2n) is 13.5. The van der Waals surface area contributed by atoms with Gasteiger partial charge in [0.1, 0.15) is 17.7 Å². The molecule has 2 fully saturated rings. The molecule has 2 heterocycles. The number of ether oxygens (including phenoxy) is 1. The summed E-state index contributed by atoms with van der Waals surface area (Å²) >= 11 is 6.12. The van der Waals surface area contributed by atoms with Gasteiger partial charge in [-0.15, -0.1) is 0 Å². The lowest BCUT2D eigenvalue weighted by atomic mass is 9.93. The van der Waals surface area contributed by atoms with Crippen LogP contribution in [0.2, 0.25) is 5.02 Å². The summed E-state index contributed by atoms with van der Waals surface area (Å²) in [4.78, 5) is 44.6. The predicted molar refractivity (Wildman–Crippen MR) is 170 cm³/mol. The second-order valence-corrected chi connectivity index (χ2v) is 13.9. The number of nitrogens with one attached hydrogen (secondary N) is 1. The Kier molecular flexibility index (Phi) is 9.87. The molecule has 0 bridgehead atoms. The fraction of sp³-hybridized carbons (Fsp3) is 0.559. The molecule has 0 unspecified atom stereocenters. The average Bonchev–Trinajstić information content (AvgIpc) is 3.00. The molecule has 0 aromatic heterocycles. The first-order valence-corrected chi connectivity index (χ1v) is 16.3. The molecular formula is C34H45ClN4O5. The van der Waals surface area contributed by atoms with Gasteiger partial charge in [0.15, 0.2) is 0 Å². The third kappa shape index (κ3) is 7.73. The number of piperazine rings is 1. The number of benzene rings is 2. The number of hydrogen-bond acceptors (Lipinski definition) is 5. The molecule has 1 saturated heterocycles. The number of halogens is 1. The molecule has 0 radical (unpaired) electrons. The third-order valence-electron chi connectivity index (χ3n) is 9.20. The van der Waals surface area contributed by atoms with Crippen molar-refractivity contribution in [3.63, 3.8) is 0 Å². The van der Waals surface area contributed by atoms with Gasteiger partial charge in [0.2, 0.25) is 11.8 Å². The summed E-state index contributed by atoms with van der Waals surface area (Å²) in [5.41, 5.74) is 2.06. The van der Waals surface area contributed by atoms with Crippen LogP contribution in [-0.2, 0) is 33.7 Å². The zero-order valence-corrected chi connectivity index (χ0v) is 26.9. The van der Waals surface area contributed by atoms with Crippen molar-refractivity contribution in [2.45, 2.75) is 96.0 Å². The Bertz CT molecular complexity index is 1330. The van der Waals surface area contributed by atoms with Gasteiger partial charge in [0.25, 0.3) is 0 Å². The van der Waals surface area contributed by atoms with Crippen LogP contribution >= 0.6 is 11.6 Å². The first-order chi connectivity index (χ1) is 20.9. The van der Waals surface area contributed by atoms with E-state index in [4.69, 9.17) is 16.3 Å². The summed E-state index contributed by atoms with van der Waals surface area (Å²) < 4.78 is 5.45. The highest BCUT2D eigenvalue weighted by molar-refractivity contribution is 6.30. The van der Waals surface area contributed by atoms with Crippen LogP contribution in [0.15, 0.2) is 48.5 Å². The molecule has 238 valence electrons. The van der Waals surface area contributed by atoms with E-state index in [-0.39, 0.29) is 29.6 Å². The van der Waals surface area contributed by atoms with E-state index in [9.17, 15) is 19.6 Å². The van der Waals surface area contributed by atoms with E-state index in [2.05, 4.69) is 5.32 Å². The number of hydrogen-bond donors (Lipinski definition) is 1. The monoisotopic (exact) mass is 624 g/mol. The van der Waals surface area contributed by atoms with Crippen LogP contribution in [0, 0.1) is 5.21 Å². The van der Waals surface area contributed by atoms with Crippen molar-refractivity contribution in [2.75, 3.05) is 26.2 Å². The number of rotatable bonds is 6. The molecule has 2 aromatic carbocycles. The lowest BCUT2D eigenvalue weighted by Gasteiger charge is -2.54. The Labute approximate surface area is 265 Å². The van der Waals surface area contributed by atoms with E-state index in [1.165, 1.54) is 11.3 Å². The Morgan fingerprint density at radius 3 is 2.27 bits per heavy atom. The van der Waals surface area contributed by atoms with Crippen molar-refractivity contribution in [1.29, 1.82) is 0 Å².